The Labute approximate surface area is 280 Å². The van der Waals surface area contributed by atoms with Crippen molar-refractivity contribution in [2.75, 3.05) is 13.1 Å². The van der Waals surface area contributed by atoms with E-state index in [4.69, 9.17) is 56.8 Å². The first-order chi connectivity index (χ1) is 21.7. The van der Waals surface area contributed by atoms with Crippen LogP contribution in [0.2, 0.25) is 20.1 Å². The maximum absolute atomic E-state index is 8.96. The maximum Gasteiger partial charge on any atom is 0.102 e. The predicted octanol–water partition coefficient (Wildman–Crippen LogP) is 8.70. The molecule has 0 bridgehead atoms. The summed E-state index contributed by atoms with van der Waals surface area (Å²) in [6.45, 7) is 1.76. The summed E-state index contributed by atoms with van der Waals surface area (Å²) in [5.41, 5.74) is 7.60. The van der Waals surface area contributed by atoms with Crippen LogP contribution in [0.15, 0.2) is 77.8 Å². The zero-order valence-electron chi connectivity index (χ0n) is 24.5. The van der Waals surface area contributed by atoms with Gasteiger partial charge in [-0.15, -0.1) is 0 Å². The Balaban J connectivity index is 0.000000160. The zero-order valence-corrected chi connectivity index (χ0v) is 27.5. The molecule has 0 atom stereocenters. The number of hydrogen-bond acceptors (Lipinski definition) is 5. The second-order valence-corrected chi connectivity index (χ2v) is 12.2. The first-order valence-electron chi connectivity index (χ1n) is 14.2. The van der Waals surface area contributed by atoms with Gasteiger partial charge in [0, 0.05) is 80.2 Å². The van der Waals surface area contributed by atoms with E-state index >= 15 is 0 Å². The van der Waals surface area contributed by atoms with Gasteiger partial charge in [0.05, 0.1) is 30.4 Å². The molecule has 45 heavy (non-hydrogen) atoms. The zero-order chi connectivity index (χ0) is 31.7. The van der Waals surface area contributed by atoms with Gasteiger partial charge in [-0.1, -0.05) is 94.9 Å². The number of aliphatic imine (C=N–C) groups is 1. The predicted molar refractivity (Wildman–Crippen MR) is 186 cm³/mol. The highest BCUT2D eigenvalue weighted by Gasteiger charge is 2.18. The van der Waals surface area contributed by atoms with Crippen molar-refractivity contribution >= 4 is 74.0 Å². The molecular formula is C34H27Cl4N7. The van der Waals surface area contributed by atoms with Crippen LogP contribution in [-0.4, -0.2) is 38.5 Å². The summed E-state index contributed by atoms with van der Waals surface area (Å²) in [4.78, 5) is 4.49. The minimum atomic E-state index is 0.324. The van der Waals surface area contributed by atoms with E-state index in [0.717, 1.165) is 80.8 Å². The molecule has 0 saturated carbocycles. The SMILES string of the molecule is Cn1nc2c(-c3ccc(Cl)cc3Cl)cccc2c1CC#N.Cn1nc2c(-c3ccc(Cl)cc3Cl)cccc2c1CC1=NCCN1. The van der Waals surface area contributed by atoms with Crippen LogP contribution in [0.5, 0.6) is 0 Å². The second-order valence-electron chi connectivity index (χ2n) is 10.6. The number of benzene rings is 4. The Bertz CT molecular complexity index is 2140. The van der Waals surface area contributed by atoms with Gasteiger partial charge in [0.1, 0.15) is 16.9 Å². The molecule has 0 radical (unpaired) electrons. The lowest BCUT2D eigenvalue weighted by molar-refractivity contribution is 0.739. The summed E-state index contributed by atoms with van der Waals surface area (Å²) in [5.74, 6) is 1.02. The van der Waals surface area contributed by atoms with Crippen LogP contribution in [0.25, 0.3) is 44.1 Å². The largest absolute Gasteiger partial charge is 0.372 e. The molecule has 0 unspecified atom stereocenters. The van der Waals surface area contributed by atoms with Crippen LogP contribution >= 0.6 is 46.4 Å². The average molecular weight is 675 g/mol. The number of amidine groups is 1. The van der Waals surface area contributed by atoms with Gasteiger partial charge in [0.2, 0.25) is 0 Å². The molecule has 7 rings (SSSR count). The normalized spacial score (nSPS) is 12.5. The van der Waals surface area contributed by atoms with E-state index in [1.807, 2.05) is 67.3 Å². The van der Waals surface area contributed by atoms with Crippen LogP contribution in [0.4, 0.5) is 0 Å². The number of hydrogen-bond donors (Lipinski definition) is 1. The van der Waals surface area contributed by atoms with Crippen molar-refractivity contribution in [1.29, 1.82) is 5.26 Å². The molecule has 2 aromatic heterocycles. The van der Waals surface area contributed by atoms with Crippen molar-refractivity contribution in [3.05, 3.63) is 104 Å². The third kappa shape index (κ3) is 6.25. The molecule has 226 valence electrons. The quantitative estimate of drug-likeness (QED) is 0.198. The molecule has 1 aliphatic rings. The summed E-state index contributed by atoms with van der Waals surface area (Å²) < 4.78 is 3.68. The summed E-state index contributed by atoms with van der Waals surface area (Å²) in [7, 11) is 3.82. The van der Waals surface area contributed by atoms with Gasteiger partial charge in [-0.3, -0.25) is 14.4 Å². The van der Waals surface area contributed by atoms with Crippen LogP contribution in [0.1, 0.15) is 11.4 Å². The highest BCUT2D eigenvalue weighted by atomic mass is 35.5. The number of aromatic nitrogens is 4. The molecule has 1 N–H and O–H groups in total. The number of rotatable bonds is 5. The summed E-state index contributed by atoms with van der Waals surface area (Å²) >= 11 is 24.7. The van der Waals surface area contributed by atoms with E-state index in [2.05, 4.69) is 27.5 Å². The van der Waals surface area contributed by atoms with Gasteiger partial charge in [-0.2, -0.15) is 15.5 Å². The van der Waals surface area contributed by atoms with Crippen LogP contribution in [0, 0.1) is 11.3 Å². The van der Waals surface area contributed by atoms with Gasteiger partial charge in [0.25, 0.3) is 0 Å². The molecule has 0 spiro atoms. The molecule has 0 fully saturated rings. The summed E-state index contributed by atoms with van der Waals surface area (Å²) in [5, 5.41) is 26.1. The number of nitrogens with zero attached hydrogens (tertiary/aromatic N) is 6. The van der Waals surface area contributed by atoms with Gasteiger partial charge >= 0.3 is 0 Å². The van der Waals surface area contributed by atoms with Crippen molar-refractivity contribution in [3.63, 3.8) is 0 Å². The minimum absolute atomic E-state index is 0.324. The fourth-order valence-corrected chi connectivity index (χ4v) is 6.63. The van der Waals surface area contributed by atoms with Crippen molar-refractivity contribution in [2.45, 2.75) is 12.8 Å². The molecule has 4 aromatic carbocycles. The molecule has 1 aliphatic heterocycles. The van der Waals surface area contributed by atoms with Crippen LogP contribution in [-0.2, 0) is 26.9 Å². The smallest absolute Gasteiger partial charge is 0.102 e. The van der Waals surface area contributed by atoms with Gasteiger partial charge in [-0.25, -0.2) is 0 Å². The van der Waals surface area contributed by atoms with Crippen molar-refractivity contribution in [3.8, 4) is 28.3 Å². The molecular weight excluding hydrogens is 648 g/mol. The number of nitrogens with one attached hydrogen (secondary N) is 1. The Morgan fingerprint density at radius 1 is 0.733 bits per heavy atom. The lowest BCUT2D eigenvalue weighted by atomic mass is 10.0. The molecule has 7 nitrogen and oxygen atoms in total. The lowest BCUT2D eigenvalue weighted by Gasteiger charge is -2.06. The van der Waals surface area contributed by atoms with Crippen LogP contribution in [0.3, 0.4) is 0 Å². The fourth-order valence-electron chi connectivity index (χ4n) is 5.61. The standard InChI is InChI=1S/C18H16Cl2N4.C16H11Cl2N3/c1-24-16(10-17-21-7-8-22-17)14-4-2-3-13(18(14)23-24)12-6-5-11(19)9-15(12)20;1-21-15(7-8-19)13-4-2-3-12(16(13)20-21)11-6-5-10(17)9-14(11)18/h2-6,9H,7-8,10H2,1H3,(H,21,22);2-6,9H,7H2,1H3. The summed E-state index contributed by atoms with van der Waals surface area (Å²) in [6.07, 6.45) is 1.08. The lowest BCUT2D eigenvalue weighted by Crippen LogP contribution is -2.21. The fraction of sp³-hybridized carbons (Fsp3) is 0.176. The highest BCUT2D eigenvalue weighted by molar-refractivity contribution is 6.37. The molecule has 0 aliphatic carbocycles. The van der Waals surface area contributed by atoms with Gasteiger partial charge in [-0.05, 0) is 24.3 Å². The van der Waals surface area contributed by atoms with E-state index in [-0.39, 0.29) is 0 Å². The average Bonchev–Trinajstić information content (AvgIpc) is 3.72. The number of aryl methyl sites for hydroxylation is 2. The van der Waals surface area contributed by atoms with Crippen molar-refractivity contribution in [1.82, 2.24) is 24.9 Å². The van der Waals surface area contributed by atoms with E-state index in [1.54, 1.807) is 22.9 Å². The van der Waals surface area contributed by atoms with Crippen LogP contribution < -0.4 is 5.32 Å². The number of fused-ring (bicyclic) bond motifs is 2. The summed E-state index contributed by atoms with van der Waals surface area (Å²) in [6, 6.07) is 25.2. The van der Waals surface area contributed by atoms with Gasteiger partial charge in [0.15, 0.2) is 0 Å². The minimum Gasteiger partial charge on any atom is -0.372 e. The topological polar surface area (TPSA) is 83.8 Å². The van der Waals surface area contributed by atoms with E-state index < -0.39 is 0 Å². The molecule has 0 saturated heterocycles. The first kappa shape index (κ1) is 30.9. The van der Waals surface area contributed by atoms with E-state index in [0.29, 0.717) is 26.5 Å². The van der Waals surface area contributed by atoms with E-state index in [9.17, 15) is 0 Å². The molecule has 6 aromatic rings. The Hall–Kier alpha value is -4.06. The van der Waals surface area contributed by atoms with Crippen molar-refractivity contribution < 1.29 is 0 Å². The Morgan fingerprint density at radius 3 is 1.76 bits per heavy atom. The van der Waals surface area contributed by atoms with Gasteiger partial charge < -0.3 is 5.32 Å². The number of halogens is 4. The second kappa shape index (κ2) is 13.1. The van der Waals surface area contributed by atoms with E-state index in [1.165, 1.54) is 0 Å². The maximum atomic E-state index is 8.96. The Kier molecular flexibility index (Phi) is 9.02. The third-order valence-corrected chi connectivity index (χ3v) is 8.84. The van der Waals surface area contributed by atoms with Crippen molar-refractivity contribution in [2.24, 2.45) is 19.1 Å². The first-order valence-corrected chi connectivity index (χ1v) is 15.7. The molecule has 3 heterocycles. The highest BCUT2D eigenvalue weighted by Crippen LogP contribution is 2.37. The third-order valence-electron chi connectivity index (χ3n) is 7.74. The Morgan fingerprint density at radius 2 is 1.27 bits per heavy atom. The number of nitriles is 1. The molecule has 0 amide bonds. The monoisotopic (exact) mass is 673 g/mol. The molecule has 11 heteroatoms.